The number of carbonyl (C=O) groups excluding carboxylic acids is 1. The molecule has 0 saturated heterocycles. The lowest BCUT2D eigenvalue weighted by atomic mass is 10.1. The Balaban J connectivity index is 2.48. The SMILES string of the molecule is CCNC(C)c1ccc(SCC(=O)NC(C)(C)C)cc1. The Bertz CT molecular complexity index is 423. The predicted molar refractivity (Wildman–Crippen MR) is 87.2 cm³/mol. The van der Waals surface area contributed by atoms with Crippen LogP contribution in [-0.2, 0) is 4.79 Å². The summed E-state index contributed by atoms with van der Waals surface area (Å²) in [5.74, 6) is 0.534. The smallest absolute Gasteiger partial charge is 0.230 e. The molecule has 0 spiro atoms. The number of thioether (sulfide) groups is 1. The molecule has 0 aliphatic heterocycles. The van der Waals surface area contributed by atoms with Crippen LogP contribution >= 0.6 is 11.8 Å². The van der Waals surface area contributed by atoms with E-state index in [9.17, 15) is 4.79 Å². The minimum atomic E-state index is -0.164. The fourth-order valence-electron chi connectivity index (χ4n) is 1.88. The van der Waals surface area contributed by atoms with Crippen molar-refractivity contribution in [2.24, 2.45) is 0 Å². The maximum absolute atomic E-state index is 11.8. The van der Waals surface area contributed by atoms with Crippen molar-refractivity contribution in [3.05, 3.63) is 29.8 Å². The molecule has 20 heavy (non-hydrogen) atoms. The first-order valence-corrected chi connectivity index (χ1v) is 8.07. The molecule has 112 valence electrons. The lowest BCUT2D eigenvalue weighted by Gasteiger charge is -2.20. The molecule has 0 fully saturated rings. The summed E-state index contributed by atoms with van der Waals surface area (Å²) >= 11 is 1.57. The number of rotatable bonds is 6. The van der Waals surface area contributed by atoms with Crippen molar-refractivity contribution in [2.75, 3.05) is 12.3 Å². The van der Waals surface area contributed by atoms with E-state index in [2.05, 4.69) is 48.7 Å². The van der Waals surface area contributed by atoms with E-state index in [-0.39, 0.29) is 11.4 Å². The average molecular weight is 294 g/mol. The average Bonchev–Trinajstić information content (AvgIpc) is 2.35. The number of benzene rings is 1. The molecular formula is C16H26N2OS. The zero-order chi connectivity index (χ0) is 15.2. The molecule has 2 N–H and O–H groups in total. The Morgan fingerprint density at radius 1 is 1.25 bits per heavy atom. The summed E-state index contributed by atoms with van der Waals surface area (Å²) in [6.07, 6.45) is 0. The zero-order valence-corrected chi connectivity index (χ0v) is 13.9. The van der Waals surface area contributed by atoms with Gasteiger partial charge in [-0.05, 0) is 51.9 Å². The summed E-state index contributed by atoms with van der Waals surface area (Å²) in [6.45, 7) is 11.2. The quantitative estimate of drug-likeness (QED) is 0.790. The highest BCUT2D eigenvalue weighted by molar-refractivity contribution is 8.00. The Morgan fingerprint density at radius 2 is 1.85 bits per heavy atom. The van der Waals surface area contributed by atoms with Crippen molar-refractivity contribution in [3.63, 3.8) is 0 Å². The molecule has 0 aromatic heterocycles. The third-order valence-electron chi connectivity index (χ3n) is 2.77. The van der Waals surface area contributed by atoms with E-state index in [0.29, 0.717) is 11.8 Å². The molecule has 0 radical (unpaired) electrons. The molecule has 4 heteroatoms. The van der Waals surface area contributed by atoms with Gasteiger partial charge in [0.25, 0.3) is 0 Å². The van der Waals surface area contributed by atoms with E-state index >= 15 is 0 Å². The normalized spacial score (nSPS) is 13.1. The van der Waals surface area contributed by atoms with Crippen LogP contribution in [0.2, 0.25) is 0 Å². The lowest BCUT2D eigenvalue weighted by Crippen LogP contribution is -2.41. The van der Waals surface area contributed by atoms with E-state index in [1.165, 1.54) is 5.56 Å². The third-order valence-corrected chi connectivity index (χ3v) is 3.79. The highest BCUT2D eigenvalue weighted by Gasteiger charge is 2.13. The van der Waals surface area contributed by atoms with Crippen LogP contribution in [-0.4, -0.2) is 23.7 Å². The number of carbonyl (C=O) groups is 1. The fourth-order valence-corrected chi connectivity index (χ4v) is 2.58. The number of hydrogen-bond donors (Lipinski definition) is 2. The molecule has 1 amide bonds. The molecule has 0 aliphatic carbocycles. The minimum absolute atomic E-state index is 0.0765. The van der Waals surface area contributed by atoms with E-state index in [1.54, 1.807) is 11.8 Å². The summed E-state index contributed by atoms with van der Waals surface area (Å²) < 4.78 is 0. The van der Waals surface area contributed by atoms with Crippen LogP contribution in [0, 0.1) is 0 Å². The van der Waals surface area contributed by atoms with Crippen LogP contribution in [0.15, 0.2) is 29.2 Å². The molecule has 1 aromatic rings. The van der Waals surface area contributed by atoms with Crippen LogP contribution in [0.4, 0.5) is 0 Å². The number of nitrogens with one attached hydrogen (secondary N) is 2. The first-order valence-electron chi connectivity index (χ1n) is 7.09. The van der Waals surface area contributed by atoms with Crippen LogP contribution in [0.1, 0.15) is 46.2 Å². The first-order chi connectivity index (χ1) is 9.31. The van der Waals surface area contributed by atoms with Gasteiger partial charge >= 0.3 is 0 Å². The van der Waals surface area contributed by atoms with Gasteiger partial charge in [0.15, 0.2) is 0 Å². The van der Waals surface area contributed by atoms with Crippen molar-refractivity contribution in [3.8, 4) is 0 Å². The van der Waals surface area contributed by atoms with Crippen LogP contribution in [0.3, 0.4) is 0 Å². The van der Waals surface area contributed by atoms with Gasteiger partial charge in [-0.25, -0.2) is 0 Å². The molecule has 0 saturated carbocycles. The summed E-state index contributed by atoms with van der Waals surface area (Å²) in [7, 11) is 0. The molecular weight excluding hydrogens is 268 g/mol. The molecule has 0 bridgehead atoms. The Labute approximate surface area is 126 Å². The van der Waals surface area contributed by atoms with E-state index in [1.807, 2.05) is 20.8 Å². The molecule has 1 atom stereocenters. The van der Waals surface area contributed by atoms with Crippen molar-refractivity contribution < 1.29 is 4.79 Å². The van der Waals surface area contributed by atoms with Gasteiger partial charge in [-0.3, -0.25) is 4.79 Å². The predicted octanol–water partition coefficient (Wildman–Crippen LogP) is 3.36. The van der Waals surface area contributed by atoms with Gasteiger partial charge in [-0.1, -0.05) is 19.1 Å². The van der Waals surface area contributed by atoms with Gasteiger partial charge in [0.2, 0.25) is 5.91 Å². The second-order valence-electron chi connectivity index (χ2n) is 5.94. The number of amides is 1. The zero-order valence-electron chi connectivity index (χ0n) is 13.1. The minimum Gasteiger partial charge on any atom is -0.351 e. The van der Waals surface area contributed by atoms with Crippen molar-refractivity contribution >= 4 is 17.7 Å². The molecule has 0 heterocycles. The highest BCUT2D eigenvalue weighted by Crippen LogP contribution is 2.21. The molecule has 3 nitrogen and oxygen atoms in total. The van der Waals surface area contributed by atoms with E-state index in [4.69, 9.17) is 0 Å². The van der Waals surface area contributed by atoms with Gasteiger partial charge in [0.05, 0.1) is 5.75 Å². The Hall–Kier alpha value is -1.00. The first kappa shape index (κ1) is 17.1. The van der Waals surface area contributed by atoms with Crippen LogP contribution in [0.5, 0.6) is 0 Å². The van der Waals surface area contributed by atoms with Crippen molar-refractivity contribution in [2.45, 2.75) is 51.1 Å². The van der Waals surface area contributed by atoms with Crippen LogP contribution < -0.4 is 10.6 Å². The maximum Gasteiger partial charge on any atom is 0.230 e. The molecule has 1 unspecified atom stereocenters. The van der Waals surface area contributed by atoms with Gasteiger partial charge < -0.3 is 10.6 Å². The highest BCUT2D eigenvalue weighted by atomic mass is 32.2. The van der Waals surface area contributed by atoms with Gasteiger partial charge in [0.1, 0.15) is 0 Å². The van der Waals surface area contributed by atoms with Crippen molar-refractivity contribution in [1.82, 2.24) is 10.6 Å². The van der Waals surface area contributed by atoms with Gasteiger partial charge in [-0.2, -0.15) is 0 Å². The van der Waals surface area contributed by atoms with E-state index < -0.39 is 0 Å². The lowest BCUT2D eigenvalue weighted by molar-refractivity contribution is -0.119. The third kappa shape index (κ3) is 6.44. The molecule has 0 aliphatic rings. The maximum atomic E-state index is 11.8. The standard InChI is InChI=1S/C16H26N2OS/c1-6-17-12(2)13-7-9-14(10-8-13)20-11-15(19)18-16(3,4)5/h7-10,12,17H,6,11H2,1-5H3,(H,18,19). The Kier molecular flexibility index (Phi) is 6.56. The topological polar surface area (TPSA) is 41.1 Å². The monoisotopic (exact) mass is 294 g/mol. The van der Waals surface area contributed by atoms with E-state index in [0.717, 1.165) is 11.4 Å². The second-order valence-corrected chi connectivity index (χ2v) is 6.98. The summed E-state index contributed by atoms with van der Waals surface area (Å²) in [5, 5.41) is 6.35. The molecule has 1 aromatic carbocycles. The number of hydrogen-bond acceptors (Lipinski definition) is 3. The second kappa shape index (κ2) is 7.70. The van der Waals surface area contributed by atoms with Gasteiger partial charge in [-0.15, -0.1) is 11.8 Å². The fraction of sp³-hybridized carbons (Fsp3) is 0.562. The Morgan fingerprint density at radius 3 is 2.35 bits per heavy atom. The summed E-state index contributed by atoms with van der Waals surface area (Å²) in [5.41, 5.74) is 1.11. The molecule has 1 rings (SSSR count). The largest absolute Gasteiger partial charge is 0.351 e. The van der Waals surface area contributed by atoms with Crippen molar-refractivity contribution in [1.29, 1.82) is 0 Å². The summed E-state index contributed by atoms with van der Waals surface area (Å²) in [6, 6.07) is 8.77. The van der Waals surface area contributed by atoms with Crippen LogP contribution in [0.25, 0.3) is 0 Å². The summed E-state index contributed by atoms with van der Waals surface area (Å²) in [4.78, 5) is 12.9. The van der Waals surface area contributed by atoms with Gasteiger partial charge in [0, 0.05) is 16.5 Å².